The topological polar surface area (TPSA) is 225 Å². The van der Waals surface area contributed by atoms with Gasteiger partial charge in [-0.15, -0.1) is 0 Å². The van der Waals surface area contributed by atoms with Crippen molar-refractivity contribution in [2.75, 3.05) is 16.8 Å². The quantitative estimate of drug-likeness (QED) is 0.252. The molecule has 13 nitrogen and oxygen atoms in total. The molecular weight excluding hydrogens is 418 g/mol. The van der Waals surface area contributed by atoms with Crippen LogP contribution in [0.25, 0.3) is 11.2 Å². The minimum atomic E-state index is -1.25. The number of benzene rings is 1. The van der Waals surface area contributed by atoms with Crippen LogP contribution >= 0.6 is 0 Å². The van der Waals surface area contributed by atoms with Crippen molar-refractivity contribution in [1.29, 1.82) is 0 Å². The maximum absolute atomic E-state index is 12.3. The number of carbonyl (C=O) groups is 3. The van der Waals surface area contributed by atoms with Crippen LogP contribution < -0.4 is 27.8 Å². The third-order valence-corrected chi connectivity index (χ3v) is 4.40. The van der Waals surface area contributed by atoms with E-state index in [2.05, 4.69) is 30.6 Å². The summed E-state index contributed by atoms with van der Waals surface area (Å²) < 4.78 is 0. The SMILES string of the molecule is NC(=O)CCC(NC(=O)c1ccc(NCc2cnc3nc(N)nc(N)c3n2)cc1)C(=O)O. The highest BCUT2D eigenvalue weighted by Gasteiger charge is 2.21. The summed E-state index contributed by atoms with van der Waals surface area (Å²) in [4.78, 5) is 50.8. The highest BCUT2D eigenvalue weighted by molar-refractivity contribution is 5.97. The van der Waals surface area contributed by atoms with E-state index in [1.165, 1.54) is 18.3 Å². The summed E-state index contributed by atoms with van der Waals surface area (Å²) in [6.45, 7) is 0.312. The normalized spacial score (nSPS) is 11.6. The molecule has 0 radical (unpaired) electrons. The number of carbonyl (C=O) groups excluding carboxylic acids is 2. The number of nitrogen functional groups attached to an aromatic ring is 2. The number of hydrogen-bond donors (Lipinski definition) is 6. The van der Waals surface area contributed by atoms with E-state index < -0.39 is 23.8 Å². The van der Waals surface area contributed by atoms with Crippen LogP contribution in [-0.4, -0.2) is 48.9 Å². The molecule has 32 heavy (non-hydrogen) atoms. The van der Waals surface area contributed by atoms with Crippen LogP contribution in [0.5, 0.6) is 0 Å². The molecular formula is C19H21N9O4. The fraction of sp³-hybridized carbons (Fsp3) is 0.211. The number of aliphatic carboxylic acids is 1. The van der Waals surface area contributed by atoms with E-state index >= 15 is 0 Å². The molecule has 166 valence electrons. The highest BCUT2D eigenvalue weighted by Crippen LogP contribution is 2.16. The van der Waals surface area contributed by atoms with Gasteiger partial charge in [0, 0.05) is 17.7 Å². The molecule has 0 spiro atoms. The Morgan fingerprint density at radius 1 is 1.06 bits per heavy atom. The van der Waals surface area contributed by atoms with Crippen molar-refractivity contribution < 1.29 is 19.5 Å². The van der Waals surface area contributed by atoms with Crippen LogP contribution in [0.4, 0.5) is 17.5 Å². The number of rotatable bonds is 9. The average Bonchev–Trinajstić information content (AvgIpc) is 2.75. The Labute approximate surface area is 181 Å². The summed E-state index contributed by atoms with van der Waals surface area (Å²) in [5.41, 5.74) is 18.6. The summed E-state index contributed by atoms with van der Waals surface area (Å²) in [5, 5.41) is 14.7. The van der Waals surface area contributed by atoms with Gasteiger partial charge in [-0.3, -0.25) is 9.59 Å². The third kappa shape index (κ3) is 5.53. The second kappa shape index (κ2) is 9.51. The molecule has 0 saturated carbocycles. The fourth-order valence-corrected chi connectivity index (χ4v) is 2.79. The van der Waals surface area contributed by atoms with Crippen LogP contribution in [0.15, 0.2) is 30.5 Å². The van der Waals surface area contributed by atoms with E-state index in [1.807, 2.05) is 0 Å². The van der Waals surface area contributed by atoms with E-state index in [-0.39, 0.29) is 30.2 Å². The van der Waals surface area contributed by atoms with Gasteiger partial charge in [-0.05, 0) is 30.7 Å². The molecule has 0 fully saturated rings. The van der Waals surface area contributed by atoms with Gasteiger partial charge in [-0.1, -0.05) is 0 Å². The molecule has 0 saturated heterocycles. The zero-order valence-corrected chi connectivity index (χ0v) is 16.8. The first kappa shape index (κ1) is 22.1. The van der Waals surface area contributed by atoms with Crippen LogP contribution in [-0.2, 0) is 16.1 Å². The van der Waals surface area contributed by atoms with Crippen LogP contribution in [0.3, 0.4) is 0 Å². The van der Waals surface area contributed by atoms with Crippen molar-refractivity contribution in [2.24, 2.45) is 5.73 Å². The Bertz CT molecular complexity index is 1170. The van der Waals surface area contributed by atoms with E-state index in [4.69, 9.17) is 17.2 Å². The number of aromatic nitrogens is 4. The predicted octanol–water partition coefficient (Wildman–Crippen LogP) is -0.355. The molecule has 3 aromatic rings. The number of nitrogens with one attached hydrogen (secondary N) is 2. The molecule has 3 rings (SSSR count). The number of carboxylic acid groups (broad SMARTS) is 1. The molecule has 1 unspecified atom stereocenters. The highest BCUT2D eigenvalue weighted by atomic mass is 16.4. The molecule has 1 atom stereocenters. The van der Waals surface area contributed by atoms with Gasteiger partial charge >= 0.3 is 5.97 Å². The molecule has 2 aromatic heterocycles. The van der Waals surface area contributed by atoms with Crippen LogP contribution in [0.2, 0.25) is 0 Å². The summed E-state index contributed by atoms with van der Waals surface area (Å²) in [5.74, 6) is -2.32. The molecule has 0 aliphatic rings. The van der Waals surface area contributed by atoms with Crippen LogP contribution in [0, 0.1) is 0 Å². The first-order valence-corrected chi connectivity index (χ1v) is 9.43. The number of fused-ring (bicyclic) bond motifs is 1. The minimum Gasteiger partial charge on any atom is -0.480 e. The van der Waals surface area contributed by atoms with E-state index in [0.29, 0.717) is 29.1 Å². The fourth-order valence-electron chi connectivity index (χ4n) is 2.79. The number of anilines is 3. The zero-order valence-electron chi connectivity index (χ0n) is 16.8. The Hall–Kier alpha value is -4.55. The van der Waals surface area contributed by atoms with Crippen molar-refractivity contribution in [3.05, 3.63) is 41.7 Å². The van der Waals surface area contributed by atoms with E-state index in [1.54, 1.807) is 12.1 Å². The van der Waals surface area contributed by atoms with Gasteiger partial charge in [0.05, 0.1) is 18.4 Å². The first-order chi connectivity index (χ1) is 15.2. The standard InChI is InChI=1S/C19H21N9O4/c20-13(29)6-5-12(18(31)32)26-17(30)9-1-3-10(4-2-9)23-7-11-8-24-16-14(25-11)15(21)27-19(22)28-16/h1-4,8,12,23H,5-7H2,(H2,20,29)(H,26,30)(H,31,32)(H4,21,22,24,27,28). The number of hydrogen-bond acceptors (Lipinski definition) is 10. The number of carboxylic acids is 1. The smallest absolute Gasteiger partial charge is 0.326 e. The monoisotopic (exact) mass is 439 g/mol. The third-order valence-electron chi connectivity index (χ3n) is 4.40. The molecule has 0 aliphatic heterocycles. The number of nitrogens with two attached hydrogens (primary N) is 3. The van der Waals surface area contributed by atoms with Gasteiger partial charge in [0.15, 0.2) is 17.0 Å². The second-order valence-electron chi connectivity index (χ2n) is 6.80. The summed E-state index contributed by atoms with van der Waals surface area (Å²) in [7, 11) is 0. The molecule has 0 aliphatic carbocycles. The maximum Gasteiger partial charge on any atom is 0.326 e. The van der Waals surface area contributed by atoms with Crippen molar-refractivity contribution >= 4 is 46.4 Å². The van der Waals surface area contributed by atoms with E-state index in [0.717, 1.165) is 0 Å². The van der Waals surface area contributed by atoms with Gasteiger partial charge in [-0.25, -0.2) is 14.8 Å². The molecule has 9 N–H and O–H groups in total. The number of primary amides is 1. The molecule has 13 heteroatoms. The number of amides is 2. The lowest BCUT2D eigenvalue weighted by Gasteiger charge is -2.14. The largest absolute Gasteiger partial charge is 0.480 e. The average molecular weight is 439 g/mol. The lowest BCUT2D eigenvalue weighted by Crippen LogP contribution is -2.41. The molecule has 2 heterocycles. The van der Waals surface area contributed by atoms with Crippen molar-refractivity contribution in [1.82, 2.24) is 25.3 Å². The van der Waals surface area contributed by atoms with Gasteiger partial charge in [0.2, 0.25) is 11.9 Å². The van der Waals surface area contributed by atoms with E-state index in [9.17, 15) is 19.5 Å². The zero-order chi connectivity index (χ0) is 23.3. The first-order valence-electron chi connectivity index (χ1n) is 9.43. The van der Waals surface area contributed by atoms with Crippen molar-refractivity contribution in [3.63, 3.8) is 0 Å². The maximum atomic E-state index is 12.3. The molecule has 0 bridgehead atoms. The van der Waals surface area contributed by atoms with Crippen molar-refractivity contribution in [3.8, 4) is 0 Å². The summed E-state index contributed by atoms with van der Waals surface area (Å²) in [6, 6.07) is 5.16. The van der Waals surface area contributed by atoms with Gasteiger partial charge in [0.1, 0.15) is 6.04 Å². The Kier molecular flexibility index (Phi) is 6.58. The Morgan fingerprint density at radius 2 is 1.78 bits per heavy atom. The molecule has 1 aromatic carbocycles. The summed E-state index contributed by atoms with van der Waals surface area (Å²) >= 11 is 0. The predicted molar refractivity (Wildman–Crippen MR) is 115 cm³/mol. The Morgan fingerprint density at radius 3 is 2.44 bits per heavy atom. The second-order valence-corrected chi connectivity index (χ2v) is 6.80. The van der Waals surface area contributed by atoms with Crippen LogP contribution in [0.1, 0.15) is 28.9 Å². The lowest BCUT2D eigenvalue weighted by atomic mass is 10.1. The van der Waals surface area contributed by atoms with Gasteiger partial charge < -0.3 is 32.9 Å². The minimum absolute atomic E-state index is 0.0156. The van der Waals surface area contributed by atoms with Gasteiger partial charge in [0.25, 0.3) is 5.91 Å². The lowest BCUT2D eigenvalue weighted by molar-refractivity contribution is -0.139. The molecule has 2 amide bonds. The van der Waals surface area contributed by atoms with Crippen molar-refractivity contribution in [2.45, 2.75) is 25.4 Å². The van der Waals surface area contributed by atoms with Gasteiger partial charge in [-0.2, -0.15) is 9.97 Å². The number of nitrogens with zero attached hydrogens (tertiary/aromatic N) is 4. The summed E-state index contributed by atoms with van der Waals surface area (Å²) in [6.07, 6.45) is 1.29. The Balaban J connectivity index is 1.62.